The summed E-state index contributed by atoms with van der Waals surface area (Å²) in [7, 11) is 1.55. The van der Waals surface area contributed by atoms with Crippen LogP contribution in [0.4, 0.5) is 0 Å². The molecule has 0 N–H and O–H groups in total. The van der Waals surface area contributed by atoms with Crippen molar-refractivity contribution in [2.45, 2.75) is 0 Å². The molecular formula is C22H15N3O3. The fourth-order valence-electron chi connectivity index (χ4n) is 2.62. The van der Waals surface area contributed by atoms with Crippen LogP contribution in [0, 0.1) is 22.7 Å². The van der Waals surface area contributed by atoms with Crippen LogP contribution in [0.15, 0.2) is 89.0 Å². The fourth-order valence-corrected chi connectivity index (χ4v) is 2.62. The molecule has 1 aromatic carbocycles. The number of benzene rings is 1. The number of ketones is 1. The highest BCUT2D eigenvalue weighted by Gasteiger charge is 2.20. The standard InChI is InChI=1S/C22H15N3O3/c1-27-18-9-7-16(8-10-18)22(26)19(21-6-4-12-28-21)15-25-11-3-2-5-20(25)17(13-23)14-24/h2-12,15H,1H3. The Balaban J connectivity index is 2.08. The van der Waals surface area contributed by atoms with Crippen molar-refractivity contribution in [1.82, 2.24) is 4.90 Å². The Labute approximate surface area is 162 Å². The normalized spacial score (nSPS) is 13.0. The van der Waals surface area contributed by atoms with Crippen molar-refractivity contribution in [3.8, 4) is 17.9 Å². The van der Waals surface area contributed by atoms with E-state index in [2.05, 4.69) is 0 Å². The zero-order chi connectivity index (χ0) is 19.9. The number of carbonyl (C=O) groups is 1. The lowest BCUT2D eigenvalue weighted by Crippen LogP contribution is -2.15. The molecule has 0 radical (unpaired) electrons. The van der Waals surface area contributed by atoms with Crippen LogP contribution in [-0.2, 0) is 0 Å². The number of ether oxygens (including phenoxy) is 1. The van der Waals surface area contributed by atoms with Gasteiger partial charge < -0.3 is 14.1 Å². The largest absolute Gasteiger partial charge is 0.497 e. The van der Waals surface area contributed by atoms with Crippen molar-refractivity contribution in [3.05, 3.63) is 95.9 Å². The highest BCUT2D eigenvalue weighted by molar-refractivity contribution is 6.28. The first-order valence-corrected chi connectivity index (χ1v) is 8.30. The average Bonchev–Trinajstić information content (AvgIpc) is 3.28. The number of rotatable bonds is 5. The molecule has 0 bridgehead atoms. The number of Topliss-reactive ketones (excluding diaryl/α,β-unsaturated/α-hetero) is 1. The number of methoxy groups -OCH3 is 1. The maximum Gasteiger partial charge on any atom is 0.198 e. The van der Waals surface area contributed by atoms with E-state index in [1.807, 2.05) is 12.1 Å². The summed E-state index contributed by atoms with van der Waals surface area (Å²) in [4.78, 5) is 14.7. The summed E-state index contributed by atoms with van der Waals surface area (Å²) >= 11 is 0. The lowest BCUT2D eigenvalue weighted by atomic mass is 10.0. The van der Waals surface area contributed by atoms with E-state index in [1.165, 1.54) is 6.26 Å². The van der Waals surface area contributed by atoms with Gasteiger partial charge in [-0.2, -0.15) is 10.5 Å². The molecule has 6 nitrogen and oxygen atoms in total. The van der Waals surface area contributed by atoms with Crippen molar-refractivity contribution in [1.29, 1.82) is 10.5 Å². The second kappa shape index (κ2) is 8.39. The van der Waals surface area contributed by atoms with Gasteiger partial charge in [-0.25, -0.2) is 0 Å². The molecule has 136 valence electrons. The summed E-state index contributed by atoms with van der Waals surface area (Å²) in [6.07, 6.45) is 9.78. The molecule has 0 saturated heterocycles. The highest BCUT2D eigenvalue weighted by Crippen LogP contribution is 2.26. The van der Waals surface area contributed by atoms with E-state index in [-0.39, 0.29) is 16.9 Å². The van der Waals surface area contributed by atoms with Gasteiger partial charge in [0, 0.05) is 18.0 Å². The van der Waals surface area contributed by atoms with Gasteiger partial charge in [0.05, 0.1) is 24.6 Å². The zero-order valence-corrected chi connectivity index (χ0v) is 15.0. The van der Waals surface area contributed by atoms with Gasteiger partial charge in [-0.15, -0.1) is 0 Å². The molecule has 2 aromatic rings. The lowest BCUT2D eigenvalue weighted by Gasteiger charge is -2.20. The van der Waals surface area contributed by atoms with Gasteiger partial charge in [-0.05, 0) is 48.6 Å². The minimum absolute atomic E-state index is 0.0625. The smallest absolute Gasteiger partial charge is 0.198 e. The topological polar surface area (TPSA) is 90.3 Å². The quantitative estimate of drug-likeness (QED) is 0.446. The SMILES string of the molecule is COc1ccc(C(=O)C(=CN2C=CC=CC2=C(C#N)C#N)c2ccco2)cc1. The summed E-state index contributed by atoms with van der Waals surface area (Å²) in [5, 5.41) is 18.4. The van der Waals surface area contributed by atoms with Gasteiger partial charge in [0.15, 0.2) is 11.4 Å². The van der Waals surface area contributed by atoms with E-state index in [4.69, 9.17) is 9.15 Å². The Morgan fingerprint density at radius 2 is 1.89 bits per heavy atom. The minimum atomic E-state index is -0.268. The Kier molecular flexibility index (Phi) is 5.55. The summed E-state index contributed by atoms with van der Waals surface area (Å²) in [6.45, 7) is 0. The molecular weight excluding hydrogens is 354 g/mol. The minimum Gasteiger partial charge on any atom is -0.497 e. The van der Waals surface area contributed by atoms with Crippen molar-refractivity contribution in [2.24, 2.45) is 0 Å². The second-order valence-electron chi connectivity index (χ2n) is 5.67. The molecule has 0 spiro atoms. The molecule has 0 fully saturated rings. The van der Waals surface area contributed by atoms with Crippen LogP contribution in [0.25, 0.3) is 5.57 Å². The number of nitriles is 2. The highest BCUT2D eigenvalue weighted by atomic mass is 16.5. The third-order valence-electron chi connectivity index (χ3n) is 4.02. The van der Waals surface area contributed by atoms with Crippen LogP contribution < -0.4 is 4.74 Å². The second-order valence-corrected chi connectivity index (χ2v) is 5.67. The van der Waals surface area contributed by atoms with E-state index in [0.29, 0.717) is 22.8 Å². The molecule has 2 heterocycles. The number of furan rings is 1. The molecule has 0 aliphatic carbocycles. The third kappa shape index (κ3) is 3.77. The van der Waals surface area contributed by atoms with E-state index < -0.39 is 0 Å². The maximum atomic E-state index is 13.1. The average molecular weight is 369 g/mol. The number of hydrogen-bond donors (Lipinski definition) is 0. The van der Waals surface area contributed by atoms with E-state index in [0.717, 1.165) is 0 Å². The van der Waals surface area contributed by atoms with Crippen LogP contribution in [0.2, 0.25) is 0 Å². The van der Waals surface area contributed by atoms with Crippen LogP contribution in [0.1, 0.15) is 16.1 Å². The maximum absolute atomic E-state index is 13.1. The summed E-state index contributed by atoms with van der Waals surface area (Å²) in [6, 6.07) is 13.8. The first-order chi connectivity index (χ1) is 13.7. The molecule has 1 aliphatic heterocycles. The van der Waals surface area contributed by atoms with E-state index >= 15 is 0 Å². The predicted molar refractivity (Wildman–Crippen MR) is 102 cm³/mol. The molecule has 0 amide bonds. The van der Waals surface area contributed by atoms with E-state index in [1.54, 1.807) is 79.0 Å². The number of carbonyl (C=O) groups excluding carboxylic acids is 1. The van der Waals surface area contributed by atoms with Gasteiger partial charge in [0.1, 0.15) is 23.6 Å². The van der Waals surface area contributed by atoms with Gasteiger partial charge >= 0.3 is 0 Å². The number of allylic oxidation sites excluding steroid dienone is 5. The summed E-state index contributed by atoms with van der Waals surface area (Å²) in [5.74, 6) is 0.746. The molecule has 0 saturated carbocycles. The van der Waals surface area contributed by atoms with Crippen LogP contribution >= 0.6 is 0 Å². The van der Waals surface area contributed by atoms with Crippen molar-refractivity contribution in [2.75, 3.05) is 7.11 Å². The van der Waals surface area contributed by atoms with Crippen LogP contribution in [0.5, 0.6) is 5.75 Å². The summed E-state index contributed by atoms with van der Waals surface area (Å²) in [5.41, 5.74) is 1.04. The number of hydrogen-bond acceptors (Lipinski definition) is 6. The molecule has 6 heteroatoms. The monoisotopic (exact) mass is 369 g/mol. The van der Waals surface area contributed by atoms with Crippen molar-refractivity contribution in [3.63, 3.8) is 0 Å². The van der Waals surface area contributed by atoms with E-state index in [9.17, 15) is 15.3 Å². The van der Waals surface area contributed by atoms with Gasteiger partial charge in [-0.1, -0.05) is 6.08 Å². The van der Waals surface area contributed by atoms with Crippen LogP contribution in [0.3, 0.4) is 0 Å². The Hall–Kier alpha value is -4.29. The Bertz CT molecular complexity index is 1060. The summed E-state index contributed by atoms with van der Waals surface area (Å²) < 4.78 is 10.6. The molecule has 28 heavy (non-hydrogen) atoms. The van der Waals surface area contributed by atoms with Gasteiger partial charge in [0.2, 0.25) is 0 Å². The van der Waals surface area contributed by atoms with Crippen molar-refractivity contribution < 1.29 is 13.9 Å². The lowest BCUT2D eigenvalue weighted by molar-refractivity contribution is 0.105. The first-order valence-electron chi connectivity index (χ1n) is 8.30. The number of nitrogens with zero attached hydrogens (tertiary/aromatic N) is 3. The predicted octanol–water partition coefficient (Wildman–Crippen LogP) is 4.20. The Morgan fingerprint density at radius 3 is 2.50 bits per heavy atom. The Morgan fingerprint density at radius 1 is 1.14 bits per heavy atom. The molecule has 1 aliphatic rings. The fraction of sp³-hybridized carbons (Fsp3) is 0.0455. The van der Waals surface area contributed by atoms with Gasteiger partial charge in [-0.3, -0.25) is 4.79 Å². The molecule has 1 aromatic heterocycles. The van der Waals surface area contributed by atoms with Crippen LogP contribution in [-0.4, -0.2) is 17.8 Å². The van der Waals surface area contributed by atoms with Gasteiger partial charge in [0.25, 0.3) is 0 Å². The third-order valence-corrected chi connectivity index (χ3v) is 4.02. The molecule has 0 unspecified atom stereocenters. The molecule has 3 rings (SSSR count). The zero-order valence-electron chi connectivity index (χ0n) is 15.0. The van der Waals surface area contributed by atoms with Crippen molar-refractivity contribution >= 4 is 11.4 Å². The first kappa shape index (κ1) is 18.5. The molecule has 0 atom stereocenters.